The Morgan fingerprint density at radius 3 is 1.77 bits per heavy atom. The molecular formula is C25H20O. The largest absolute Gasteiger partial charge is 0.508 e. The quantitative estimate of drug-likeness (QED) is 0.462. The summed E-state index contributed by atoms with van der Waals surface area (Å²) in [6.07, 6.45) is 0.692. The van der Waals surface area contributed by atoms with Gasteiger partial charge in [0, 0.05) is 6.42 Å². The van der Waals surface area contributed by atoms with Gasteiger partial charge in [0.2, 0.25) is 0 Å². The maximum atomic E-state index is 10.2. The second-order valence-electron chi connectivity index (χ2n) is 6.38. The molecule has 0 radical (unpaired) electrons. The molecule has 0 aliphatic heterocycles. The van der Waals surface area contributed by atoms with Gasteiger partial charge in [-0.2, -0.15) is 0 Å². The minimum Gasteiger partial charge on any atom is -0.508 e. The zero-order chi connectivity index (χ0) is 17.8. The van der Waals surface area contributed by atoms with Crippen LogP contribution in [0.2, 0.25) is 0 Å². The third-order valence-corrected chi connectivity index (χ3v) is 4.67. The number of phenols is 1. The molecular weight excluding hydrogens is 316 g/mol. The van der Waals surface area contributed by atoms with Crippen LogP contribution in [0.15, 0.2) is 103 Å². The van der Waals surface area contributed by atoms with Crippen molar-refractivity contribution in [2.24, 2.45) is 0 Å². The molecule has 0 amide bonds. The van der Waals surface area contributed by atoms with Gasteiger partial charge >= 0.3 is 0 Å². The molecule has 0 bridgehead atoms. The summed E-state index contributed by atoms with van der Waals surface area (Å²) in [5.41, 5.74) is 6.98. The highest BCUT2D eigenvalue weighted by molar-refractivity contribution is 5.86. The van der Waals surface area contributed by atoms with E-state index in [0.29, 0.717) is 12.2 Å². The molecule has 126 valence electrons. The highest BCUT2D eigenvalue weighted by Gasteiger charge is 2.13. The number of rotatable bonds is 4. The second kappa shape index (κ2) is 7.28. The van der Waals surface area contributed by atoms with E-state index in [9.17, 15) is 5.11 Å². The predicted octanol–water partition coefficient (Wildman–Crippen LogP) is 6.32. The van der Waals surface area contributed by atoms with Gasteiger partial charge in [-0.15, -0.1) is 0 Å². The Morgan fingerprint density at radius 1 is 0.500 bits per heavy atom. The van der Waals surface area contributed by atoms with Crippen molar-refractivity contribution >= 4 is 0 Å². The lowest BCUT2D eigenvalue weighted by Crippen LogP contribution is -1.95. The van der Waals surface area contributed by atoms with E-state index in [1.54, 1.807) is 6.07 Å². The minimum atomic E-state index is 0.344. The summed E-state index contributed by atoms with van der Waals surface area (Å²) in [6.45, 7) is 0. The van der Waals surface area contributed by atoms with Gasteiger partial charge in [-0.25, -0.2) is 0 Å². The SMILES string of the molecule is Oc1ccccc1Cc1cccc(-c2ccccc2)c1-c1ccccc1. The fraction of sp³-hybridized carbons (Fsp3) is 0.0400. The van der Waals surface area contributed by atoms with Crippen molar-refractivity contribution in [1.29, 1.82) is 0 Å². The van der Waals surface area contributed by atoms with Gasteiger partial charge in [0.25, 0.3) is 0 Å². The summed E-state index contributed by atoms with van der Waals surface area (Å²) in [4.78, 5) is 0. The monoisotopic (exact) mass is 336 g/mol. The molecule has 0 heterocycles. The first-order chi connectivity index (χ1) is 12.8. The first-order valence-corrected chi connectivity index (χ1v) is 8.82. The average molecular weight is 336 g/mol. The lowest BCUT2D eigenvalue weighted by Gasteiger charge is -2.16. The summed E-state index contributed by atoms with van der Waals surface area (Å²) in [6, 6.07) is 34.9. The molecule has 1 nitrogen and oxygen atoms in total. The van der Waals surface area contributed by atoms with Crippen molar-refractivity contribution in [2.75, 3.05) is 0 Å². The lowest BCUT2D eigenvalue weighted by molar-refractivity contribution is 0.469. The van der Waals surface area contributed by atoms with E-state index < -0.39 is 0 Å². The molecule has 0 aliphatic rings. The Morgan fingerprint density at radius 2 is 1.08 bits per heavy atom. The normalized spacial score (nSPS) is 10.6. The van der Waals surface area contributed by atoms with E-state index in [-0.39, 0.29) is 0 Å². The third kappa shape index (κ3) is 3.25. The van der Waals surface area contributed by atoms with Crippen LogP contribution in [0.1, 0.15) is 11.1 Å². The van der Waals surface area contributed by atoms with E-state index >= 15 is 0 Å². The van der Waals surface area contributed by atoms with Crippen LogP contribution in [0.4, 0.5) is 0 Å². The fourth-order valence-corrected chi connectivity index (χ4v) is 3.42. The average Bonchev–Trinajstić information content (AvgIpc) is 2.71. The summed E-state index contributed by atoms with van der Waals surface area (Å²) in [5.74, 6) is 0.344. The van der Waals surface area contributed by atoms with Crippen molar-refractivity contribution in [1.82, 2.24) is 0 Å². The first kappa shape index (κ1) is 16.2. The number of phenolic OH excluding ortho intramolecular Hbond substituents is 1. The van der Waals surface area contributed by atoms with Gasteiger partial charge in [-0.1, -0.05) is 97.1 Å². The zero-order valence-corrected chi connectivity index (χ0v) is 14.5. The summed E-state index contributed by atoms with van der Waals surface area (Å²) in [5, 5.41) is 10.2. The molecule has 26 heavy (non-hydrogen) atoms. The molecule has 0 fully saturated rings. The number of hydrogen-bond acceptors (Lipinski definition) is 1. The molecule has 4 aromatic carbocycles. The Kier molecular flexibility index (Phi) is 4.53. The first-order valence-electron chi connectivity index (χ1n) is 8.82. The maximum Gasteiger partial charge on any atom is 0.119 e. The Bertz CT molecular complexity index is 1000. The van der Waals surface area contributed by atoms with Gasteiger partial charge in [-0.3, -0.25) is 0 Å². The van der Waals surface area contributed by atoms with Gasteiger partial charge in [0.1, 0.15) is 5.75 Å². The number of hydrogen-bond donors (Lipinski definition) is 1. The lowest BCUT2D eigenvalue weighted by atomic mass is 9.88. The van der Waals surface area contributed by atoms with Gasteiger partial charge < -0.3 is 5.11 Å². The van der Waals surface area contributed by atoms with Crippen LogP contribution < -0.4 is 0 Å². The molecule has 0 unspecified atom stereocenters. The number of aromatic hydroxyl groups is 1. The third-order valence-electron chi connectivity index (χ3n) is 4.67. The second-order valence-corrected chi connectivity index (χ2v) is 6.38. The maximum absolute atomic E-state index is 10.2. The van der Waals surface area contributed by atoms with Crippen LogP contribution >= 0.6 is 0 Å². The Labute approximate surface area is 154 Å². The van der Waals surface area contributed by atoms with E-state index in [2.05, 4.69) is 66.7 Å². The molecule has 1 heteroatoms. The van der Waals surface area contributed by atoms with Crippen molar-refractivity contribution in [3.63, 3.8) is 0 Å². The van der Waals surface area contributed by atoms with Crippen molar-refractivity contribution in [2.45, 2.75) is 6.42 Å². The highest BCUT2D eigenvalue weighted by Crippen LogP contribution is 2.36. The van der Waals surface area contributed by atoms with Gasteiger partial charge in [0.15, 0.2) is 0 Å². The molecule has 0 aliphatic carbocycles. The molecule has 0 spiro atoms. The van der Waals surface area contributed by atoms with Crippen molar-refractivity contribution in [3.05, 3.63) is 114 Å². The van der Waals surface area contributed by atoms with Crippen molar-refractivity contribution < 1.29 is 5.11 Å². The summed E-state index contributed by atoms with van der Waals surface area (Å²) in [7, 11) is 0. The van der Waals surface area contributed by atoms with E-state index in [0.717, 1.165) is 5.56 Å². The zero-order valence-electron chi connectivity index (χ0n) is 14.5. The van der Waals surface area contributed by atoms with E-state index in [4.69, 9.17) is 0 Å². The van der Waals surface area contributed by atoms with Crippen LogP contribution in [0.3, 0.4) is 0 Å². The summed E-state index contributed by atoms with van der Waals surface area (Å²) >= 11 is 0. The molecule has 4 rings (SSSR count). The molecule has 4 aromatic rings. The van der Waals surface area contributed by atoms with Crippen LogP contribution in [-0.4, -0.2) is 5.11 Å². The van der Waals surface area contributed by atoms with E-state index in [1.807, 2.05) is 30.3 Å². The molecule has 0 saturated carbocycles. The van der Waals surface area contributed by atoms with Crippen LogP contribution in [0, 0.1) is 0 Å². The fourth-order valence-electron chi connectivity index (χ4n) is 3.42. The summed E-state index contributed by atoms with van der Waals surface area (Å²) < 4.78 is 0. The number of benzene rings is 4. The van der Waals surface area contributed by atoms with Crippen LogP contribution in [0.25, 0.3) is 22.3 Å². The Hall–Kier alpha value is -3.32. The topological polar surface area (TPSA) is 20.2 Å². The van der Waals surface area contributed by atoms with E-state index in [1.165, 1.54) is 27.8 Å². The minimum absolute atomic E-state index is 0.344. The van der Waals surface area contributed by atoms with Crippen LogP contribution in [-0.2, 0) is 6.42 Å². The van der Waals surface area contributed by atoms with Crippen LogP contribution in [0.5, 0.6) is 5.75 Å². The molecule has 1 N–H and O–H groups in total. The molecule has 0 aromatic heterocycles. The number of para-hydroxylation sites is 1. The predicted molar refractivity (Wildman–Crippen MR) is 108 cm³/mol. The smallest absolute Gasteiger partial charge is 0.119 e. The van der Waals surface area contributed by atoms with Gasteiger partial charge in [-0.05, 0) is 39.4 Å². The molecule has 0 atom stereocenters. The standard InChI is InChI=1S/C25H20O/c26-24-17-8-7-14-21(24)18-22-15-9-16-23(19-10-3-1-4-11-19)25(22)20-12-5-2-6-13-20/h1-17,26H,18H2. The van der Waals surface area contributed by atoms with Crippen molar-refractivity contribution in [3.8, 4) is 28.0 Å². The Balaban J connectivity index is 1.90. The van der Waals surface area contributed by atoms with Gasteiger partial charge in [0.05, 0.1) is 0 Å². The molecule has 0 saturated heterocycles. The highest BCUT2D eigenvalue weighted by atomic mass is 16.3.